The second-order valence-electron chi connectivity index (χ2n) is 11.3. The van der Waals surface area contributed by atoms with Crippen LogP contribution in [0.5, 0.6) is 0 Å². The van der Waals surface area contributed by atoms with E-state index in [0.29, 0.717) is 24.3 Å². The summed E-state index contributed by atoms with van der Waals surface area (Å²) in [5.41, 5.74) is 4.67. The Hall–Kier alpha value is -3.24. The van der Waals surface area contributed by atoms with Gasteiger partial charge in [0.15, 0.2) is 5.82 Å². The molecule has 198 valence electrons. The summed E-state index contributed by atoms with van der Waals surface area (Å²) in [6, 6.07) is 8.00. The zero-order chi connectivity index (χ0) is 26.2. The Morgan fingerprint density at radius 3 is 2.42 bits per heavy atom. The summed E-state index contributed by atoms with van der Waals surface area (Å²) in [5, 5.41) is 0.662. The molecule has 9 nitrogen and oxygen atoms in total. The number of piperazine rings is 1. The standard InChI is InChI=1S/C28H32N6O3S/c1-32-10-12-34(13-11-32)26-23(31-38(36,37)20-5-6-20)15-19(16-30-26)18-4-7-22-21(14-18)25-24(17-29-22)33(2)27(35)28(25)8-3-9-28/h4,7,14-17,20,31H,3,5-6,8-13H2,1-2H3. The average Bonchev–Trinajstić information content (AvgIpc) is 3.71. The van der Waals surface area contributed by atoms with Gasteiger partial charge in [0.25, 0.3) is 0 Å². The molecule has 1 N–H and O–H groups in total. The van der Waals surface area contributed by atoms with Crippen molar-refractivity contribution in [1.82, 2.24) is 14.9 Å². The van der Waals surface area contributed by atoms with E-state index < -0.39 is 15.4 Å². The van der Waals surface area contributed by atoms with E-state index in [2.05, 4.69) is 32.6 Å². The van der Waals surface area contributed by atoms with Gasteiger partial charge in [0, 0.05) is 55.9 Å². The van der Waals surface area contributed by atoms with Gasteiger partial charge < -0.3 is 14.7 Å². The van der Waals surface area contributed by atoms with E-state index >= 15 is 0 Å². The van der Waals surface area contributed by atoms with Gasteiger partial charge in [0.1, 0.15) is 0 Å². The van der Waals surface area contributed by atoms with E-state index in [0.717, 1.165) is 78.7 Å². The first-order chi connectivity index (χ1) is 18.3. The first-order valence-electron chi connectivity index (χ1n) is 13.4. The molecule has 3 aromatic rings. The third-order valence-electron chi connectivity index (χ3n) is 8.83. The highest BCUT2D eigenvalue weighted by Gasteiger charge is 2.54. The Morgan fingerprint density at radius 2 is 1.74 bits per heavy atom. The van der Waals surface area contributed by atoms with Crippen LogP contribution in [0.4, 0.5) is 17.2 Å². The number of hydrogen-bond acceptors (Lipinski definition) is 7. The molecule has 1 amide bonds. The third-order valence-corrected chi connectivity index (χ3v) is 10.7. The van der Waals surface area contributed by atoms with Gasteiger partial charge in [-0.2, -0.15) is 0 Å². The fourth-order valence-electron chi connectivity index (χ4n) is 6.23. The fourth-order valence-corrected chi connectivity index (χ4v) is 7.61. The van der Waals surface area contributed by atoms with E-state index in [-0.39, 0.29) is 11.2 Å². The van der Waals surface area contributed by atoms with Gasteiger partial charge in [-0.05, 0) is 56.5 Å². The van der Waals surface area contributed by atoms with Gasteiger partial charge >= 0.3 is 0 Å². The lowest BCUT2D eigenvalue weighted by Crippen LogP contribution is -2.45. The van der Waals surface area contributed by atoms with Crippen molar-refractivity contribution >= 4 is 44.0 Å². The van der Waals surface area contributed by atoms with Crippen LogP contribution in [0.25, 0.3) is 22.0 Å². The van der Waals surface area contributed by atoms with Gasteiger partial charge in [0.2, 0.25) is 15.9 Å². The van der Waals surface area contributed by atoms with Crippen LogP contribution in [0.15, 0.2) is 36.7 Å². The average molecular weight is 533 g/mol. The van der Waals surface area contributed by atoms with Crippen molar-refractivity contribution < 1.29 is 13.2 Å². The Kier molecular flexibility index (Phi) is 5.26. The number of carbonyl (C=O) groups is 1. The van der Waals surface area contributed by atoms with Crippen molar-refractivity contribution in [3.63, 3.8) is 0 Å². The third kappa shape index (κ3) is 3.60. The number of pyridine rings is 2. The minimum Gasteiger partial charge on any atom is -0.352 e. The molecular formula is C28H32N6O3S. The fraction of sp³-hybridized carbons (Fsp3) is 0.464. The molecule has 4 aliphatic rings. The van der Waals surface area contributed by atoms with E-state index in [4.69, 9.17) is 4.98 Å². The first kappa shape index (κ1) is 23.8. The highest BCUT2D eigenvalue weighted by atomic mass is 32.2. The van der Waals surface area contributed by atoms with Gasteiger partial charge in [0.05, 0.1) is 33.8 Å². The maximum atomic E-state index is 13.2. The number of carbonyl (C=O) groups excluding carboxylic acids is 1. The Bertz CT molecular complexity index is 1570. The van der Waals surface area contributed by atoms with Crippen molar-refractivity contribution in [3.05, 3.63) is 42.2 Å². The summed E-state index contributed by atoms with van der Waals surface area (Å²) in [4.78, 5) is 28.9. The minimum absolute atomic E-state index is 0.161. The smallest absolute Gasteiger partial charge is 0.237 e. The molecule has 1 aromatic carbocycles. The van der Waals surface area contributed by atoms with Crippen LogP contribution >= 0.6 is 0 Å². The summed E-state index contributed by atoms with van der Waals surface area (Å²) < 4.78 is 28.8. The molecule has 2 aliphatic carbocycles. The van der Waals surface area contributed by atoms with Crippen LogP contribution in [0.1, 0.15) is 37.7 Å². The molecule has 4 heterocycles. The largest absolute Gasteiger partial charge is 0.352 e. The number of anilines is 3. The summed E-state index contributed by atoms with van der Waals surface area (Å²) in [6.45, 7) is 3.38. The number of aromatic nitrogens is 2. The van der Waals surface area contributed by atoms with Crippen LogP contribution < -0.4 is 14.5 Å². The molecule has 7 rings (SSSR count). The van der Waals surface area contributed by atoms with E-state index in [1.807, 2.05) is 37.6 Å². The lowest BCUT2D eigenvalue weighted by Gasteiger charge is -2.37. The molecule has 3 fully saturated rings. The van der Waals surface area contributed by atoms with Crippen molar-refractivity contribution in [2.45, 2.75) is 42.8 Å². The van der Waals surface area contributed by atoms with Gasteiger partial charge in [-0.3, -0.25) is 14.5 Å². The van der Waals surface area contributed by atoms with Gasteiger partial charge in [-0.1, -0.05) is 12.5 Å². The lowest BCUT2D eigenvalue weighted by molar-refractivity contribution is -0.125. The van der Waals surface area contributed by atoms with Crippen LogP contribution in [0, 0.1) is 0 Å². The zero-order valence-electron chi connectivity index (χ0n) is 21.8. The molecule has 2 aliphatic heterocycles. The quantitative estimate of drug-likeness (QED) is 0.538. The molecule has 0 atom stereocenters. The maximum Gasteiger partial charge on any atom is 0.237 e. The Labute approximate surface area is 222 Å². The lowest BCUT2D eigenvalue weighted by atomic mass is 9.64. The minimum atomic E-state index is -3.46. The molecule has 2 saturated carbocycles. The number of hydrogen-bond donors (Lipinski definition) is 1. The summed E-state index contributed by atoms with van der Waals surface area (Å²) >= 11 is 0. The molecule has 2 aromatic heterocycles. The predicted octanol–water partition coefficient (Wildman–Crippen LogP) is 3.35. The molecule has 0 radical (unpaired) electrons. The molecule has 0 unspecified atom stereocenters. The van der Waals surface area contributed by atoms with Gasteiger partial charge in [-0.15, -0.1) is 0 Å². The predicted molar refractivity (Wildman–Crippen MR) is 149 cm³/mol. The highest BCUT2D eigenvalue weighted by Crippen LogP contribution is 2.55. The van der Waals surface area contributed by atoms with Crippen molar-refractivity contribution in [1.29, 1.82) is 0 Å². The number of nitrogens with one attached hydrogen (secondary N) is 1. The molecule has 1 saturated heterocycles. The van der Waals surface area contributed by atoms with Crippen molar-refractivity contribution in [2.24, 2.45) is 0 Å². The molecule has 1 spiro atoms. The van der Waals surface area contributed by atoms with Crippen molar-refractivity contribution in [3.8, 4) is 11.1 Å². The molecule has 38 heavy (non-hydrogen) atoms. The number of benzene rings is 1. The topological polar surface area (TPSA) is 98.7 Å². The molecular weight excluding hydrogens is 500 g/mol. The van der Waals surface area contributed by atoms with E-state index in [1.54, 1.807) is 4.90 Å². The van der Waals surface area contributed by atoms with Crippen LogP contribution in [0.3, 0.4) is 0 Å². The first-order valence-corrected chi connectivity index (χ1v) is 15.0. The van der Waals surface area contributed by atoms with E-state index in [9.17, 15) is 13.2 Å². The van der Waals surface area contributed by atoms with Gasteiger partial charge in [-0.25, -0.2) is 13.4 Å². The number of likely N-dealkylation sites (N-methyl/N-ethyl adjacent to an activating group) is 2. The normalized spacial score (nSPS) is 21.2. The molecule has 0 bridgehead atoms. The Balaban J connectivity index is 1.33. The number of fused-ring (bicyclic) bond motifs is 4. The second kappa shape index (κ2) is 8.38. The number of rotatable bonds is 5. The Morgan fingerprint density at radius 1 is 0.974 bits per heavy atom. The SMILES string of the molecule is CN1CCN(c2ncc(-c3ccc4ncc5c(c4c3)C3(CCC3)C(=O)N5C)cc2NS(=O)(=O)C2CC2)CC1. The number of nitrogens with zero attached hydrogens (tertiary/aromatic N) is 5. The number of sulfonamides is 1. The number of amides is 1. The molecule has 10 heteroatoms. The zero-order valence-corrected chi connectivity index (χ0v) is 22.6. The summed E-state index contributed by atoms with van der Waals surface area (Å²) in [7, 11) is 0.473. The van der Waals surface area contributed by atoms with Crippen LogP contribution in [0.2, 0.25) is 0 Å². The van der Waals surface area contributed by atoms with Crippen LogP contribution in [-0.4, -0.2) is 74.7 Å². The summed E-state index contributed by atoms with van der Waals surface area (Å²) in [5.74, 6) is 0.837. The van der Waals surface area contributed by atoms with E-state index in [1.165, 1.54) is 0 Å². The van der Waals surface area contributed by atoms with Crippen LogP contribution in [-0.2, 0) is 20.2 Å². The maximum absolute atomic E-state index is 13.2. The summed E-state index contributed by atoms with van der Waals surface area (Å²) in [6.07, 6.45) is 7.82. The monoisotopic (exact) mass is 532 g/mol. The second-order valence-corrected chi connectivity index (χ2v) is 13.2. The highest BCUT2D eigenvalue weighted by molar-refractivity contribution is 7.93. The van der Waals surface area contributed by atoms with Crippen molar-refractivity contribution in [2.75, 3.05) is 54.8 Å².